The predicted octanol–water partition coefficient (Wildman–Crippen LogP) is 1.70. The summed E-state index contributed by atoms with van der Waals surface area (Å²) in [5.74, 6) is -0.372. The lowest BCUT2D eigenvalue weighted by Crippen LogP contribution is -2.34. The molecule has 0 saturated carbocycles. The average molecular weight is 293 g/mol. The first-order valence-electron chi connectivity index (χ1n) is 6.43. The summed E-state index contributed by atoms with van der Waals surface area (Å²) in [6.45, 7) is 3.55. The number of hydrogen-bond donors (Lipinski definition) is 2. The normalized spacial score (nSPS) is 10.7. The van der Waals surface area contributed by atoms with Crippen LogP contribution in [0.1, 0.15) is 19.4 Å². The number of aliphatic carboxylic acids is 1. The van der Waals surface area contributed by atoms with E-state index in [1.807, 2.05) is 13.8 Å². The first-order chi connectivity index (χ1) is 9.92. The van der Waals surface area contributed by atoms with Crippen molar-refractivity contribution in [1.29, 1.82) is 0 Å². The lowest BCUT2D eigenvalue weighted by molar-refractivity contribution is -0.131. The number of hydrogen-bond acceptors (Lipinski definition) is 4. The van der Waals surface area contributed by atoms with Gasteiger partial charge in [-0.2, -0.15) is 0 Å². The summed E-state index contributed by atoms with van der Waals surface area (Å²) in [6, 6.07) is 4.97. The Hall–Kier alpha value is -2.50. The molecule has 0 aliphatic carbocycles. The van der Waals surface area contributed by atoms with Crippen LogP contribution < -0.4 is 14.8 Å². The standard InChI is InChI=1S/C15H19NO5/c1-10(2)16-14(17)9-21-13-8-12(20-3)6-4-11(13)5-7-15(18)19/h4-8,10H,9H2,1-3H3,(H,16,17)(H,18,19)/b7-5+. The zero-order valence-corrected chi connectivity index (χ0v) is 12.3. The van der Waals surface area contributed by atoms with Crippen LogP contribution in [0.3, 0.4) is 0 Å². The van der Waals surface area contributed by atoms with E-state index in [0.29, 0.717) is 17.1 Å². The maximum absolute atomic E-state index is 11.6. The van der Waals surface area contributed by atoms with Crippen molar-refractivity contribution in [3.63, 3.8) is 0 Å². The number of amides is 1. The van der Waals surface area contributed by atoms with Crippen LogP contribution in [0.25, 0.3) is 6.08 Å². The van der Waals surface area contributed by atoms with Crippen LogP contribution in [-0.4, -0.2) is 36.7 Å². The van der Waals surface area contributed by atoms with Crippen LogP contribution >= 0.6 is 0 Å². The number of carbonyl (C=O) groups excluding carboxylic acids is 1. The van der Waals surface area contributed by atoms with Gasteiger partial charge in [-0.3, -0.25) is 4.79 Å². The van der Waals surface area contributed by atoms with E-state index < -0.39 is 5.97 Å². The number of carboxylic acids is 1. The number of benzene rings is 1. The summed E-state index contributed by atoms with van der Waals surface area (Å²) < 4.78 is 10.5. The molecule has 21 heavy (non-hydrogen) atoms. The van der Waals surface area contributed by atoms with Crippen molar-refractivity contribution in [2.75, 3.05) is 13.7 Å². The minimum Gasteiger partial charge on any atom is -0.497 e. The number of carbonyl (C=O) groups is 2. The molecule has 0 unspecified atom stereocenters. The first kappa shape index (κ1) is 16.6. The van der Waals surface area contributed by atoms with E-state index >= 15 is 0 Å². The van der Waals surface area contributed by atoms with Crippen molar-refractivity contribution in [1.82, 2.24) is 5.32 Å². The minimum absolute atomic E-state index is 0.0257. The molecule has 0 aliphatic heterocycles. The molecule has 0 radical (unpaired) electrons. The van der Waals surface area contributed by atoms with Crippen molar-refractivity contribution >= 4 is 18.0 Å². The number of ether oxygens (including phenoxy) is 2. The second-order valence-electron chi connectivity index (χ2n) is 4.59. The van der Waals surface area contributed by atoms with Crippen molar-refractivity contribution in [2.24, 2.45) is 0 Å². The van der Waals surface area contributed by atoms with Gasteiger partial charge >= 0.3 is 5.97 Å². The fourth-order valence-electron chi connectivity index (χ4n) is 1.57. The molecule has 6 heteroatoms. The molecule has 1 aromatic carbocycles. The highest BCUT2D eigenvalue weighted by atomic mass is 16.5. The van der Waals surface area contributed by atoms with E-state index in [0.717, 1.165) is 6.08 Å². The number of carboxylic acid groups (broad SMARTS) is 1. The average Bonchev–Trinajstić information content (AvgIpc) is 2.42. The number of nitrogens with one attached hydrogen (secondary N) is 1. The molecule has 0 spiro atoms. The summed E-state index contributed by atoms with van der Waals surface area (Å²) in [4.78, 5) is 22.2. The van der Waals surface area contributed by atoms with Crippen LogP contribution in [0.2, 0.25) is 0 Å². The maximum atomic E-state index is 11.6. The lowest BCUT2D eigenvalue weighted by Gasteiger charge is -2.12. The molecule has 0 bridgehead atoms. The van der Waals surface area contributed by atoms with E-state index in [1.54, 1.807) is 18.2 Å². The van der Waals surface area contributed by atoms with E-state index in [4.69, 9.17) is 14.6 Å². The van der Waals surface area contributed by atoms with E-state index in [2.05, 4.69) is 5.32 Å². The SMILES string of the molecule is COc1ccc(/C=C/C(=O)O)c(OCC(=O)NC(C)C)c1. The molecule has 2 N–H and O–H groups in total. The van der Waals surface area contributed by atoms with Gasteiger partial charge in [-0.25, -0.2) is 4.79 Å². The van der Waals surface area contributed by atoms with Crippen LogP contribution in [0.5, 0.6) is 11.5 Å². The Labute approximate surface area is 123 Å². The van der Waals surface area contributed by atoms with Gasteiger partial charge in [0, 0.05) is 23.7 Å². The summed E-state index contributed by atoms with van der Waals surface area (Å²) in [7, 11) is 1.51. The number of rotatable bonds is 7. The molecule has 1 rings (SSSR count). The van der Waals surface area contributed by atoms with E-state index in [9.17, 15) is 9.59 Å². The summed E-state index contributed by atoms with van der Waals surface area (Å²) in [6.07, 6.45) is 2.40. The molecule has 0 fully saturated rings. The van der Waals surface area contributed by atoms with Gasteiger partial charge < -0.3 is 19.9 Å². The fraction of sp³-hybridized carbons (Fsp3) is 0.333. The number of methoxy groups -OCH3 is 1. The molecule has 1 aromatic rings. The van der Waals surface area contributed by atoms with Gasteiger partial charge in [0.2, 0.25) is 0 Å². The molecular weight excluding hydrogens is 274 g/mol. The Kier molecular flexibility index (Phi) is 6.26. The molecule has 0 saturated heterocycles. The van der Waals surface area contributed by atoms with E-state index in [-0.39, 0.29) is 18.6 Å². The smallest absolute Gasteiger partial charge is 0.328 e. The largest absolute Gasteiger partial charge is 0.497 e. The van der Waals surface area contributed by atoms with Crippen LogP contribution in [0, 0.1) is 0 Å². The lowest BCUT2D eigenvalue weighted by atomic mass is 10.1. The first-order valence-corrected chi connectivity index (χ1v) is 6.43. The molecule has 6 nitrogen and oxygen atoms in total. The quantitative estimate of drug-likeness (QED) is 0.747. The predicted molar refractivity (Wildman–Crippen MR) is 78.4 cm³/mol. The van der Waals surface area contributed by atoms with Gasteiger partial charge in [0.05, 0.1) is 7.11 Å². The van der Waals surface area contributed by atoms with Crippen molar-refractivity contribution in [3.8, 4) is 11.5 Å². The zero-order valence-electron chi connectivity index (χ0n) is 12.3. The highest BCUT2D eigenvalue weighted by Gasteiger charge is 2.08. The van der Waals surface area contributed by atoms with Crippen molar-refractivity contribution < 1.29 is 24.2 Å². The molecule has 0 atom stereocenters. The van der Waals surface area contributed by atoms with Crippen LogP contribution in [0.15, 0.2) is 24.3 Å². The summed E-state index contributed by atoms with van der Waals surface area (Å²) in [5.41, 5.74) is 0.551. The van der Waals surface area contributed by atoms with Crippen LogP contribution in [0.4, 0.5) is 0 Å². The fourth-order valence-corrected chi connectivity index (χ4v) is 1.57. The second-order valence-corrected chi connectivity index (χ2v) is 4.59. The Morgan fingerprint density at radius 3 is 2.67 bits per heavy atom. The van der Waals surface area contributed by atoms with Crippen molar-refractivity contribution in [3.05, 3.63) is 29.8 Å². The third-order valence-electron chi connectivity index (χ3n) is 2.43. The second kappa shape index (κ2) is 7.94. The molecular formula is C15H19NO5. The zero-order chi connectivity index (χ0) is 15.8. The Bertz CT molecular complexity index is 537. The van der Waals surface area contributed by atoms with Gasteiger partial charge in [-0.15, -0.1) is 0 Å². The topological polar surface area (TPSA) is 84.9 Å². The molecule has 0 heterocycles. The van der Waals surface area contributed by atoms with Gasteiger partial charge in [0.25, 0.3) is 5.91 Å². The van der Waals surface area contributed by atoms with Gasteiger partial charge in [0.1, 0.15) is 11.5 Å². The monoisotopic (exact) mass is 293 g/mol. The summed E-state index contributed by atoms with van der Waals surface area (Å²) >= 11 is 0. The third kappa shape index (κ3) is 5.99. The molecule has 1 amide bonds. The van der Waals surface area contributed by atoms with Crippen molar-refractivity contribution in [2.45, 2.75) is 19.9 Å². The Morgan fingerprint density at radius 2 is 2.10 bits per heavy atom. The van der Waals surface area contributed by atoms with Gasteiger partial charge in [-0.1, -0.05) is 0 Å². The third-order valence-corrected chi connectivity index (χ3v) is 2.43. The van der Waals surface area contributed by atoms with Crippen LogP contribution in [-0.2, 0) is 9.59 Å². The van der Waals surface area contributed by atoms with Gasteiger partial charge in [0.15, 0.2) is 6.61 Å². The highest BCUT2D eigenvalue weighted by Crippen LogP contribution is 2.26. The Balaban J connectivity index is 2.86. The molecule has 0 aliphatic rings. The van der Waals surface area contributed by atoms with E-state index in [1.165, 1.54) is 13.2 Å². The molecule has 0 aromatic heterocycles. The maximum Gasteiger partial charge on any atom is 0.328 e. The summed E-state index contributed by atoms with van der Waals surface area (Å²) in [5, 5.41) is 11.4. The van der Waals surface area contributed by atoms with Gasteiger partial charge in [-0.05, 0) is 32.1 Å². The molecule has 114 valence electrons. The highest BCUT2D eigenvalue weighted by molar-refractivity contribution is 5.86. The minimum atomic E-state index is -1.06. The Morgan fingerprint density at radius 1 is 1.38 bits per heavy atom.